The highest BCUT2D eigenvalue weighted by Crippen LogP contribution is 2.20. The van der Waals surface area contributed by atoms with Gasteiger partial charge in [-0.05, 0) is 48.9 Å². The van der Waals surface area contributed by atoms with E-state index >= 15 is 0 Å². The highest BCUT2D eigenvalue weighted by atomic mass is 32.2. The first-order valence-electron chi connectivity index (χ1n) is 9.43. The molecule has 1 saturated heterocycles. The number of sulfonamides is 1. The lowest BCUT2D eigenvalue weighted by molar-refractivity contribution is 0.0994. The van der Waals surface area contributed by atoms with Crippen LogP contribution in [-0.4, -0.2) is 48.4 Å². The van der Waals surface area contributed by atoms with Gasteiger partial charge in [0.15, 0.2) is 5.76 Å². The van der Waals surface area contributed by atoms with Gasteiger partial charge in [-0.3, -0.25) is 9.48 Å². The molecule has 3 aromatic rings. The Kier molecular flexibility index (Phi) is 5.40. The fourth-order valence-corrected chi connectivity index (χ4v) is 4.24. The molecule has 0 aliphatic carbocycles. The first-order valence-corrected chi connectivity index (χ1v) is 10.9. The first-order chi connectivity index (χ1) is 14.4. The molecule has 0 bridgehead atoms. The van der Waals surface area contributed by atoms with Crippen molar-refractivity contribution in [3.63, 3.8) is 0 Å². The number of aromatic nitrogens is 2. The molecule has 2 aromatic heterocycles. The summed E-state index contributed by atoms with van der Waals surface area (Å²) in [7, 11) is -1.96. The molecule has 30 heavy (non-hydrogen) atoms. The van der Waals surface area contributed by atoms with E-state index in [1.54, 1.807) is 35.3 Å². The van der Waals surface area contributed by atoms with E-state index in [0.29, 0.717) is 30.2 Å². The Labute approximate surface area is 174 Å². The molecule has 0 unspecified atom stereocenters. The number of amidine groups is 1. The van der Waals surface area contributed by atoms with Crippen molar-refractivity contribution in [3.8, 4) is 0 Å². The topological polar surface area (TPSA) is 110 Å². The summed E-state index contributed by atoms with van der Waals surface area (Å²) in [4.78, 5) is 14.3. The minimum atomic E-state index is -3.79. The lowest BCUT2D eigenvalue weighted by atomic mass is 10.3. The fourth-order valence-electron chi connectivity index (χ4n) is 3.14. The molecular weight excluding hydrogens is 406 g/mol. The molecule has 1 aliphatic rings. The van der Waals surface area contributed by atoms with Gasteiger partial charge in [-0.25, -0.2) is 0 Å². The summed E-state index contributed by atoms with van der Waals surface area (Å²) in [6.07, 6.45) is 5.01. The largest absolute Gasteiger partial charge is 0.454 e. The van der Waals surface area contributed by atoms with Crippen molar-refractivity contribution in [1.82, 2.24) is 14.7 Å². The predicted molar refractivity (Wildman–Crippen MR) is 111 cm³/mol. The molecular formula is C20H21N5O4S. The predicted octanol–water partition coefficient (Wildman–Crippen LogP) is 2.59. The number of nitrogens with zero attached hydrogens (tertiary/aromatic N) is 4. The third-order valence-electron chi connectivity index (χ3n) is 4.73. The third-order valence-corrected chi connectivity index (χ3v) is 6.05. The van der Waals surface area contributed by atoms with Gasteiger partial charge >= 0.3 is 0 Å². The standard InChI is InChI=1S/C20H21N5O4S/c1-24-12-2-4-19(24)23-30(27,28)17-8-5-15(6-9-17)22-20(26)18-10-7-16(29-18)14-25-13-3-11-21-25/h3,5-11,13H,2,4,12,14H2,1H3,(H,22,26). The van der Waals surface area contributed by atoms with Gasteiger partial charge in [0.05, 0.1) is 11.4 Å². The molecule has 9 nitrogen and oxygen atoms in total. The molecule has 4 rings (SSSR count). The Morgan fingerprint density at radius 2 is 2.03 bits per heavy atom. The molecule has 156 valence electrons. The summed E-state index contributed by atoms with van der Waals surface area (Å²) in [5.74, 6) is 0.895. The number of carbonyl (C=O) groups excluding carboxylic acids is 1. The summed E-state index contributed by atoms with van der Waals surface area (Å²) in [6.45, 7) is 1.22. The molecule has 1 aliphatic heterocycles. The second kappa shape index (κ2) is 8.15. The Balaban J connectivity index is 1.42. The highest BCUT2D eigenvalue weighted by molar-refractivity contribution is 7.90. The van der Waals surface area contributed by atoms with Crippen molar-refractivity contribution in [1.29, 1.82) is 0 Å². The van der Waals surface area contributed by atoms with Crippen LogP contribution in [0.5, 0.6) is 0 Å². The van der Waals surface area contributed by atoms with Crippen molar-refractivity contribution >= 4 is 27.5 Å². The van der Waals surface area contributed by atoms with E-state index < -0.39 is 15.9 Å². The van der Waals surface area contributed by atoms with Crippen LogP contribution in [-0.2, 0) is 16.6 Å². The van der Waals surface area contributed by atoms with Gasteiger partial charge in [-0.2, -0.15) is 13.5 Å². The number of hydrogen-bond donors (Lipinski definition) is 1. The molecule has 10 heteroatoms. The normalized spacial score (nSPS) is 15.6. The van der Waals surface area contributed by atoms with Crippen LogP contribution in [0.4, 0.5) is 5.69 Å². The van der Waals surface area contributed by atoms with Crippen molar-refractivity contribution in [2.75, 3.05) is 18.9 Å². The van der Waals surface area contributed by atoms with Gasteiger partial charge in [-0.1, -0.05) is 0 Å². The van der Waals surface area contributed by atoms with Gasteiger partial charge in [-0.15, -0.1) is 4.40 Å². The number of likely N-dealkylation sites (tertiary alicyclic amines) is 1. The van der Waals surface area contributed by atoms with Crippen LogP contribution in [0.2, 0.25) is 0 Å². The molecule has 0 saturated carbocycles. The third kappa shape index (κ3) is 4.43. The number of benzene rings is 1. The molecule has 1 N–H and O–H groups in total. The number of anilines is 1. The van der Waals surface area contributed by atoms with Crippen LogP contribution < -0.4 is 5.32 Å². The quantitative estimate of drug-likeness (QED) is 0.648. The van der Waals surface area contributed by atoms with Crippen LogP contribution >= 0.6 is 0 Å². The number of hydrogen-bond acceptors (Lipinski definition) is 5. The summed E-state index contributed by atoms with van der Waals surface area (Å²) < 4.78 is 36.2. The van der Waals surface area contributed by atoms with E-state index in [0.717, 1.165) is 13.0 Å². The summed E-state index contributed by atoms with van der Waals surface area (Å²) in [5.41, 5.74) is 0.453. The Bertz CT molecular complexity index is 1160. The number of rotatable bonds is 6. The van der Waals surface area contributed by atoms with Crippen LogP contribution in [0.25, 0.3) is 0 Å². The lowest BCUT2D eigenvalue weighted by Gasteiger charge is -2.11. The number of carbonyl (C=O) groups is 1. The van der Waals surface area contributed by atoms with Crippen molar-refractivity contribution in [3.05, 3.63) is 66.4 Å². The SMILES string of the molecule is CN1CCCC1=NS(=O)(=O)c1ccc(NC(=O)c2ccc(Cn3cccn3)o2)cc1. The van der Waals surface area contributed by atoms with Crippen LogP contribution in [0.15, 0.2) is 68.6 Å². The van der Waals surface area contributed by atoms with E-state index in [9.17, 15) is 13.2 Å². The maximum absolute atomic E-state index is 12.5. The zero-order valence-electron chi connectivity index (χ0n) is 16.4. The molecule has 0 radical (unpaired) electrons. The number of amides is 1. The number of furan rings is 1. The maximum atomic E-state index is 12.5. The summed E-state index contributed by atoms with van der Waals surface area (Å²) >= 11 is 0. The van der Waals surface area contributed by atoms with Crippen molar-refractivity contribution in [2.45, 2.75) is 24.3 Å². The van der Waals surface area contributed by atoms with Crippen LogP contribution in [0.3, 0.4) is 0 Å². The lowest BCUT2D eigenvalue weighted by Crippen LogP contribution is -2.20. The monoisotopic (exact) mass is 427 g/mol. The highest BCUT2D eigenvalue weighted by Gasteiger charge is 2.20. The second-order valence-corrected chi connectivity index (χ2v) is 8.56. The van der Waals surface area contributed by atoms with E-state index in [-0.39, 0.29) is 10.7 Å². The maximum Gasteiger partial charge on any atom is 0.291 e. The van der Waals surface area contributed by atoms with E-state index in [1.165, 1.54) is 24.3 Å². The molecule has 1 amide bonds. The van der Waals surface area contributed by atoms with Crippen molar-refractivity contribution < 1.29 is 17.6 Å². The minimum absolute atomic E-state index is 0.0767. The first kappa shape index (κ1) is 19.9. The van der Waals surface area contributed by atoms with Gasteiger partial charge in [0, 0.05) is 38.1 Å². The average Bonchev–Trinajstić information content (AvgIpc) is 3.47. The van der Waals surface area contributed by atoms with Crippen LogP contribution in [0, 0.1) is 0 Å². The Hall–Kier alpha value is -3.40. The average molecular weight is 427 g/mol. The van der Waals surface area contributed by atoms with E-state index in [4.69, 9.17) is 4.42 Å². The van der Waals surface area contributed by atoms with Gasteiger partial charge < -0.3 is 14.6 Å². The smallest absolute Gasteiger partial charge is 0.291 e. The zero-order valence-corrected chi connectivity index (χ0v) is 17.2. The molecule has 1 fully saturated rings. The van der Waals surface area contributed by atoms with E-state index in [2.05, 4.69) is 14.8 Å². The van der Waals surface area contributed by atoms with Gasteiger partial charge in [0.25, 0.3) is 15.9 Å². The Morgan fingerprint density at radius 1 is 1.23 bits per heavy atom. The Morgan fingerprint density at radius 3 is 2.70 bits per heavy atom. The van der Waals surface area contributed by atoms with Crippen LogP contribution in [0.1, 0.15) is 29.2 Å². The number of nitrogens with one attached hydrogen (secondary N) is 1. The fraction of sp³-hybridized carbons (Fsp3) is 0.250. The van der Waals surface area contributed by atoms with Gasteiger partial charge in [0.2, 0.25) is 0 Å². The van der Waals surface area contributed by atoms with Gasteiger partial charge in [0.1, 0.15) is 11.6 Å². The second-order valence-electron chi connectivity index (χ2n) is 6.96. The molecule has 0 atom stereocenters. The zero-order chi connectivity index (χ0) is 21.1. The molecule has 0 spiro atoms. The van der Waals surface area contributed by atoms with E-state index in [1.807, 2.05) is 11.9 Å². The molecule has 1 aromatic carbocycles. The van der Waals surface area contributed by atoms with Crippen molar-refractivity contribution in [2.24, 2.45) is 4.40 Å². The summed E-state index contributed by atoms with van der Waals surface area (Å²) in [5, 5.41) is 6.79. The molecule has 3 heterocycles. The minimum Gasteiger partial charge on any atom is -0.454 e. The summed E-state index contributed by atoms with van der Waals surface area (Å²) in [6, 6.07) is 11.0.